The Morgan fingerprint density at radius 3 is 2.80 bits per heavy atom. The van der Waals surface area contributed by atoms with E-state index in [0.717, 1.165) is 48.9 Å². The van der Waals surface area contributed by atoms with Crippen molar-refractivity contribution in [2.45, 2.75) is 43.6 Å². The number of hydrogen-bond acceptors (Lipinski definition) is 5. The average Bonchev–Trinajstić information content (AvgIpc) is 2.63. The molecule has 1 aliphatic carbocycles. The average molecular weight is 359 g/mol. The smallest absolute Gasteiger partial charge is 0.258 e. The molecule has 6 heteroatoms. The number of carbonyl (C=O) groups excluding carboxylic acids is 1. The first-order chi connectivity index (χ1) is 12.1. The number of thioether (sulfide) groups is 1. The third-order valence-corrected chi connectivity index (χ3v) is 6.60. The molecule has 25 heavy (non-hydrogen) atoms. The molecule has 1 fully saturated rings. The van der Waals surface area contributed by atoms with Crippen LogP contribution in [0, 0.1) is 18.8 Å². The Hall–Kier alpha value is -1.66. The summed E-state index contributed by atoms with van der Waals surface area (Å²) < 4.78 is 0. The summed E-state index contributed by atoms with van der Waals surface area (Å²) in [5, 5.41) is 1.20. The minimum Gasteiger partial charge on any atom is -0.330 e. The maximum Gasteiger partial charge on any atom is 0.258 e. The fourth-order valence-electron chi connectivity index (χ4n) is 3.66. The lowest BCUT2D eigenvalue weighted by molar-refractivity contribution is -0.112. The van der Waals surface area contributed by atoms with E-state index in [9.17, 15) is 9.59 Å². The molecule has 1 saturated carbocycles. The van der Waals surface area contributed by atoms with Gasteiger partial charge in [-0.15, -0.1) is 0 Å². The van der Waals surface area contributed by atoms with Gasteiger partial charge in [-0.2, -0.15) is 11.8 Å². The fourth-order valence-corrected chi connectivity index (χ4v) is 4.80. The van der Waals surface area contributed by atoms with Gasteiger partial charge in [-0.3, -0.25) is 4.79 Å². The Morgan fingerprint density at radius 1 is 1.36 bits per heavy atom. The van der Waals surface area contributed by atoms with E-state index in [1.807, 2.05) is 36.9 Å². The Balaban J connectivity index is 1.61. The first-order valence-corrected chi connectivity index (χ1v) is 9.92. The maximum absolute atomic E-state index is 12.2. The summed E-state index contributed by atoms with van der Waals surface area (Å²) in [6, 6.07) is 5.68. The number of aryl methyl sites for hydroxylation is 1. The Bertz CT molecular complexity index is 797. The fraction of sp³-hybridized carbons (Fsp3) is 0.526. The van der Waals surface area contributed by atoms with Gasteiger partial charge < -0.3 is 15.5 Å². The van der Waals surface area contributed by atoms with Gasteiger partial charge in [0.2, 0.25) is 0 Å². The van der Waals surface area contributed by atoms with Crippen LogP contribution in [0.1, 0.15) is 37.1 Å². The maximum atomic E-state index is 12.2. The molecule has 0 radical (unpaired) electrons. The van der Waals surface area contributed by atoms with Gasteiger partial charge in [0.1, 0.15) is 12.1 Å². The van der Waals surface area contributed by atoms with Gasteiger partial charge in [0.25, 0.3) is 5.56 Å². The number of fused-ring (bicyclic) bond motifs is 1. The summed E-state index contributed by atoms with van der Waals surface area (Å²) >= 11 is 1.85. The third kappa shape index (κ3) is 4.12. The van der Waals surface area contributed by atoms with Crippen LogP contribution in [0.3, 0.4) is 0 Å². The first kappa shape index (κ1) is 18.1. The van der Waals surface area contributed by atoms with Crippen LogP contribution in [0.4, 0.5) is 0 Å². The lowest BCUT2D eigenvalue weighted by atomic mass is 9.80. The normalized spacial score (nSPS) is 22.0. The van der Waals surface area contributed by atoms with Crippen LogP contribution in [-0.2, 0) is 10.5 Å². The molecule has 3 N–H and O–H groups in total. The van der Waals surface area contributed by atoms with E-state index >= 15 is 0 Å². The van der Waals surface area contributed by atoms with E-state index in [1.165, 1.54) is 0 Å². The molecule has 0 spiro atoms. The SMILES string of the molecule is Cc1cccc2c(=O)[nH]c(CSC3CCC(C(C=O)CN)CC3)nc12. The largest absolute Gasteiger partial charge is 0.330 e. The van der Waals surface area contributed by atoms with Crippen molar-refractivity contribution < 1.29 is 4.79 Å². The van der Waals surface area contributed by atoms with E-state index in [2.05, 4.69) is 9.97 Å². The Kier molecular flexibility index (Phi) is 5.91. The van der Waals surface area contributed by atoms with Crippen LogP contribution in [0.5, 0.6) is 0 Å². The molecule has 1 unspecified atom stereocenters. The number of benzene rings is 1. The Morgan fingerprint density at radius 2 is 2.12 bits per heavy atom. The van der Waals surface area contributed by atoms with Crippen molar-refractivity contribution >= 4 is 29.0 Å². The predicted molar refractivity (Wildman–Crippen MR) is 103 cm³/mol. The Labute approximate surface area is 151 Å². The highest BCUT2D eigenvalue weighted by Crippen LogP contribution is 2.35. The molecule has 5 nitrogen and oxygen atoms in total. The number of nitrogens with zero attached hydrogens (tertiary/aromatic N) is 1. The second-order valence-electron chi connectivity index (χ2n) is 6.87. The summed E-state index contributed by atoms with van der Waals surface area (Å²) in [7, 11) is 0. The van der Waals surface area contributed by atoms with Crippen LogP contribution in [0.15, 0.2) is 23.0 Å². The van der Waals surface area contributed by atoms with E-state index in [0.29, 0.717) is 28.9 Å². The zero-order chi connectivity index (χ0) is 17.8. The molecule has 1 aromatic carbocycles. The van der Waals surface area contributed by atoms with Crippen LogP contribution < -0.4 is 11.3 Å². The van der Waals surface area contributed by atoms with Crippen LogP contribution in [0.2, 0.25) is 0 Å². The van der Waals surface area contributed by atoms with Crippen LogP contribution in [0.25, 0.3) is 10.9 Å². The summed E-state index contributed by atoms with van der Waals surface area (Å²) in [4.78, 5) is 30.9. The van der Waals surface area contributed by atoms with Gasteiger partial charge in [0.15, 0.2) is 0 Å². The first-order valence-electron chi connectivity index (χ1n) is 8.88. The molecule has 3 rings (SSSR count). The minimum atomic E-state index is -0.0650. The molecule has 0 aliphatic heterocycles. The van der Waals surface area contributed by atoms with Crippen LogP contribution in [-0.4, -0.2) is 28.0 Å². The molecular formula is C19H25N3O2S. The molecule has 1 aromatic heterocycles. The van der Waals surface area contributed by atoms with Crippen molar-refractivity contribution in [2.24, 2.45) is 17.6 Å². The van der Waals surface area contributed by atoms with Gasteiger partial charge >= 0.3 is 0 Å². The standard InChI is InChI=1S/C19H25N3O2S/c1-12-3-2-4-16-18(12)21-17(22-19(16)24)11-25-15-7-5-13(6-8-15)14(9-20)10-23/h2-4,10,13-15H,5-9,11,20H2,1H3,(H,21,22,24). The lowest BCUT2D eigenvalue weighted by Crippen LogP contribution is -2.29. The van der Waals surface area contributed by atoms with E-state index < -0.39 is 0 Å². The summed E-state index contributed by atoms with van der Waals surface area (Å²) in [6.45, 7) is 2.43. The summed E-state index contributed by atoms with van der Waals surface area (Å²) in [5.74, 6) is 1.89. The number of hydrogen-bond donors (Lipinski definition) is 2. The summed E-state index contributed by atoms with van der Waals surface area (Å²) in [5.41, 5.74) is 7.43. The zero-order valence-electron chi connectivity index (χ0n) is 14.5. The molecule has 1 atom stereocenters. The topological polar surface area (TPSA) is 88.8 Å². The van der Waals surface area contributed by atoms with Crippen LogP contribution >= 0.6 is 11.8 Å². The number of para-hydroxylation sites is 1. The number of nitrogens with one attached hydrogen (secondary N) is 1. The van der Waals surface area contributed by atoms with Gasteiger partial charge in [0.05, 0.1) is 16.7 Å². The molecule has 2 aromatic rings. The molecule has 0 bridgehead atoms. The summed E-state index contributed by atoms with van der Waals surface area (Å²) in [6.07, 6.45) is 5.31. The van der Waals surface area contributed by atoms with Gasteiger partial charge in [-0.05, 0) is 50.2 Å². The highest BCUT2D eigenvalue weighted by molar-refractivity contribution is 7.99. The van der Waals surface area contributed by atoms with Gasteiger partial charge in [-0.1, -0.05) is 12.1 Å². The van der Waals surface area contributed by atoms with Crippen molar-refractivity contribution in [1.82, 2.24) is 9.97 Å². The van der Waals surface area contributed by atoms with Gasteiger partial charge in [-0.25, -0.2) is 4.98 Å². The number of aromatic amines is 1. The number of H-pyrrole nitrogens is 1. The molecule has 0 saturated heterocycles. The van der Waals surface area contributed by atoms with E-state index in [1.54, 1.807) is 0 Å². The number of carbonyl (C=O) groups is 1. The lowest BCUT2D eigenvalue weighted by Gasteiger charge is -2.30. The third-order valence-electron chi connectivity index (χ3n) is 5.21. The minimum absolute atomic E-state index is 0.00688. The van der Waals surface area contributed by atoms with Crippen molar-refractivity contribution in [3.05, 3.63) is 39.9 Å². The number of nitrogens with two attached hydrogens (primary N) is 1. The monoisotopic (exact) mass is 359 g/mol. The molecule has 1 aliphatic rings. The predicted octanol–water partition coefficient (Wildman–Crippen LogP) is 2.80. The van der Waals surface area contributed by atoms with Crippen molar-refractivity contribution in [2.75, 3.05) is 6.54 Å². The highest BCUT2D eigenvalue weighted by atomic mass is 32.2. The number of aldehydes is 1. The van der Waals surface area contributed by atoms with E-state index in [4.69, 9.17) is 5.73 Å². The number of rotatable bonds is 6. The van der Waals surface area contributed by atoms with Crippen molar-refractivity contribution in [3.8, 4) is 0 Å². The molecule has 1 heterocycles. The van der Waals surface area contributed by atoms with Gasteiger partial charge in [0, 0.05) is 17.7 Å². The molecular weight excluding hydrogens is 334 g/mol. The second-order valence-corrected chi connectivity index (χ2v) is 8.16. The van der Waals surface area contributed by atoms with Crippen molar-refractivity contribution in [1.29, 1.82) is 0 Å². The number of aromatic nitrogens is 2. The molecule has 134 valence electrons. The molecule has 0 amide bonds. The van der Waals surface area contributed by atoms with Crippen molar-refractivity contribution in [3.63, 3.8) is 0 Å². The highest BCUT2D eigenvalue weighted by Gasteiger charge is 2.27. The zero-order valence-corrected chi connectivity index (χ0v) is 15.3. The quantitative estimate of drug-likeness (QED) is 0.774. The van der Waals surface area contributed by atoms with E-state index in [-0.39, 0.29) is 11.5 Å². The second kappa shape index (κ2) is 8.15.